The number of allylic oxidation sites excluding steroid dienone is 1. The fourth-order valence-corrected chi connectivity index (χ4v) is 3.98. The summed E-state index contributed by atoms with van der Waals surface area (Å²) in [6.07, 6.45) is 2.42. The molecule has 3 aromatic carbocycles. The Balaban J connectivity index is 1.57. The zero-order valence-electron chi connectivity index (χ0n) is 19.4. The van der Waals surface area contributed by atoms with E-state index in [9.17, 15) is 9.59 Å². The summed E-state index contributed by atoms with van der Waals surface area (Å²) in [6, 6.07) is 27.4. The largest absolute Gasteiger partial charge is 0.489 e. The van der Waals surface area contributed by atoms with E-state index in [1.54, 1.807) is 17.9 Å². The fourth-order valence-electron chi connectivity index (χ4n) is 3.98. The lowest BCUT2D eigenvalue weighted by molar-refractivity contribution is -0.136. The van der Waals surface area contributed by atoms with Gasteiger partial charge in [0.25, 0.3) is 5.91 Å². The lowest BCUT2D eigenvalue weighted by Gasteiger charge is -2.17. The predicted octanol–water partition coefficient (Wildman–Crippen LogP) is 5.18. The predicted molar refractivity (Wildman–Crippen MR) is 132 cm³/mol. The van der Waals surface area contributed by atoms with Gasteiger partial charge in [-0.05, 0) is 48.2 Å². The van der Waals surface area contributed by atoms with E-state index in [0.717, 1.165) is 16.7 Å². The van der Waals surface area contributed by atoms with Crippen molar-refractivity contribution in [2.45, 2.75) is 20.0 Å². The molecule has 0 saturated carbocycles. The Hall–Kier alpha value is -4.12. The van der Waals surface area contributed by atoms with Gasteiger partial charge in [-0.2, -0.15) is 0 Å². The quantitative estimate of drug-likeness (QED) is 0.348. The van der Waals surface area contributed by atoms with Crippen LogP contribution in [0.15, 0.2) is 102 Å². The number of esters is 1. The number of nitrogens with zero attached hydrogens (tertiary/aromatic N) is 1. The van der Waals surface area contributed by atoms with Crippen molar-refractivity contribution in [3.63, 3.8) is 0 Å². The fraction of sp³-hybridized carbons (Fsp3) is 0.172. The van der Waals surface area contributed by atoms with Crippen molar-refractivity contribution in [2.75, 3.05) is 13.7 Å². The minimum absolute atomic E-state index is 0.204. The maximum absolute atomic E-state index is 13.3. The second-order valence-electron chi connectivity index (χ2n) is 8.05. The molecule has 5 heteroatoms. The SMILES string of the molecule is COC(=O)C1=C(C)N(CCc2ccccc2)C(=O)/C1=C\c1cccc(OCc2ccccc2)c1. The van der Waals surface area contributed by atoms with E-state index >= 15 is 0 Å². The maximum atomic E-state index is 13.3. The van der Waals surface area contributed by atoms with E-state index in [2.05, 4.69) is 0 Å². The van der Waals surface area contributed by atoms with Crippen LogP contribution in [-0.4, -0.2) is 30.4 Å². The van der Waals surface area contributed by atoms with E-state index in [1.165, 1.54) is 7.11 Å². The first-order valence-electron chi connectivity index (χ1n) is 11.2. The molecule has 4 rings (SSSR count). The van der Waals surface area contributed by atoms with Gasteiger partial charge in [0.1, 0.15) is 12.4 Å². The smallest absolute Gasteiger partial charge is 0.340 e. The molecule has 1 heterocycles. The van der Waals surface area contributed by atoms with Crippen molar-refractivity contribution < 1.29 is 19.1 Å². The highest BCUT2D eigenvalue weighted by Gasteiger charge is 2.36. The van der Waals surface area contributed by atoms with Crippen LogP contribution in [0.4, 0.5) is 0 Å². The summed E-state index contributed by atoms with van der Waals surface area (Å²) in [5.41, 5.74) is 4.21. The Morgan fingerprint density at radius 1 is 0.912 bits per heavy atom. The molecular formula is C29H27NO4. The second-order valence-corrected chi connectivity index (χ2v) is 8.05. The zero-order chi connectivity index (χ0) is 23.9. The van der Waals surface area contributed by atoms with Crippen molar-refractivity contribution >= 4 is 18.0 Å². The van der Waals surface area contributed by atoms with Crippen LogP contribution in [0.1, 0.15) is 23.6 Å². The van der Waals surface area contributed by atoms with Crippen LogP contribution < -0.4 is 4.74 Å². The molecule has 3 aromatic rings. The molecule has 0 aromatic heterocycles. The van der Waals surface area contributed by atoms with E-state index < -0.39 is 5.97 Å². The highest BCUT2D eigenvalue weighted by molar-refractivity contribution is 6.16. The van der Waals surface area contributed by atoms with Gasteiger partial charge in [-0.25, -0.2) is 4.79 Å². The molecule has 172 valence electrons. The summed E-state index contributed by atoms with van der Waals surface area (Å²) < 4.78 is 10.9. The molecule has 0 radical (unpaired) electrons. The lowest BCUT2D eigenvalue weighted by Crippen LogP contribution is -2.27. The van der Waals surface area contributed by atoms with Gasteiger partial charge in [0.15, 0.2) is 0 Å². The molecule has 34 heavy (non-hydrogen) atoms. The molecule has 0 spiro atoms. The number of ether oxygens (including phenoxy) is 2. The number of benzene rings is 3. The molecule has 1 aliphatic rings. The summed E-state index contributed by atoms with van der Waals surface area (Å²) in [4.78, 5) is 27.6. The van der Waals surface area contributed by atoms with Crippen LogP contribution in [0.25, 0.3) is 6.08 Å². The van der Waals surface area contributed by atoms with Gasteiger partial charge in [-0.1, -0.05) is 72.8 Å². The summed E-state index contributed by atoms with van der Waals surface area (Å²) in [5.74, 6) is -0.0369. The lowest BCUT2D eigenvalue weighted by atomic mass is 10.0. The third-order valence-electron chi connectivity index (χ3n) is 5.79. The molecule has 0 bridgehead atoms. The van der Waals surface area contributed by atoms with E-state index in [-0.39, 0.29) is 5.91 Å². The van der Waals surface area contributed by atoms with Crippen LogP contribution in [0.2, 0.25) is 0 Å². The summed E-state index contributed by atoms with van der Waals surface area (Å²) in [5, 5.41) is 0. The first-order chi connectivity index (χ1) is 16.6. The third-order valence-corrected chi connectivity index (χ3v) is 5.79. The first kappa shape index (κ1) is 23.1. The Bertz CT molecular complexity index is 1230. The Morgan fingerprint density at radius 2 is 1.59 bits per heavy atom. The molecule has 0 saturated heterocycles. The minimum atomic E-state index is -0.518. The standard InChI is InChI=1S/C29H27NO4/c1-21-27(29(32)33-2)26(28(31)30(21)17-16-22-10-5-3-6-11-22)19-24-14-9-15-25(18-24)34-20-23-12-7-4-8-13-23/h3-15,18-19H,16-17,20H2,1-2H3/b26-19-. The molecule has 0 atom stereocenters. The number of rotatable bonds is 8. The number of carbonyl (C=O) groups is 2. The molecule has 0 fully saturated rings. The molecule has 1 aliphatic heterocycles. The normalized spacial score (nSPS) is 14.6. The van der Waals surface area contributed by atoms with Gasteiger partial charge < -0.3 is 14.4 Å². The van der Waals surface area contributed by atoms with Gasteiger partial charge in [-0.15, -0.1) is 0 Å². The average molecular weight is 454 g/mol. The number of hydrogen-bond donors (Lipinski definition) is 0. The number of carbonyl (C=O) groups excluding carboxylic acids is 2. The molecule has 5 nitrogen and oxygen atoms in total. The molecule has 1 amide bonds. The Kier molecular flexibility index (Phi) is 7.23. The Labute approximate surface area is 199 Å². The monoisotopic (exact) mass is 453 g/mol. The van der Waals surface area contributed by atoms with Gasteiger partial charge in [0, 0.05) is 12.2 Å². The average Bonchev–Trinajstić information content (AvgIpc) is 3.11. The van der Waals surface area contributed by atoms with Crippen molar-refractivity contribution in [2.24, 2.45) is 0 Å². The second kappa shape index (κ2) is 10.7. The summed E-state index contributed by atoms with van der Waals surface area (Å²) in [7, 11) is 1.33. The minimum Gasteiger partial charge on any atom is -0.489 e. The van der Waals surface area contributed by atoms with E-state index in [4.69, 9.17) is 9.47 Å². The van der Waals surface area contributed by atoms with E-state index in [1.807, 2.05) is 84.9 Å². The third kappa shape index (κ3) is 5.26. The number of methoxy groups -OCH3 is 1. The van der Waals surface area contributed by atoms with Crippen LogP contribution >= 0.6 is 0 Å². The number of amides is 1. The highest BCUT2D eigenvalue weighted by Crippen LogP contribution is 2.32. The topological polar surface area (TPSA) is 55.8 Å². The van der Waals surface area contributed by atoms with Crippen LogP contribution in [0.5, 0.6) is 5.75 Å². The van der Waals surface area contributed by atoms with Crippen LogP contribution in [0, 0.1) is 0 Å². The number of hydrogen-bond acceptors (Lipinski definition) is 4. The van der Waals surface area contributed by atoms with Crippen molar-refractivity contribution in [1.29, 1.82) is 0 Å². The van der Waals surface area contributed by atoms with Gasteiger partial charge >= 0.3 is 5.97 Å². The Morgan fingerprint density at radius 3 is 2.26 bits per heavy atom. The van der Waals surface area contributed by atoms with Gasteiger partial charge in [0.2, 0.25) is 0 Å². The first-order valence-corrected chi connectivity index (χ1v) is 11.2. The van der Waals surface area contributed by atoms with Crippen LogP contribution in [-0.2, 0) is 27.4 Å². The zero-order valence-corrected chi connectivity index (χ0v) is 19.4. The van der Waals surface area contributed by atoms with Crippen molar-refractivity contribution in [3.05, 3.63) is 118 Å². The summed E-state index contributed by atoms with van der Waals surface area (Å²) in [6.45, 7) is 2.71. The maximum Gasteiger partial charge on any atom is 0.340 e. The van der Waals surface area contributed by atoms with Crippen molar-refractivity contribution in [1.82, 2.24) is 4.90 Å². The van der Waals surface area contributed by atoms with Crippen molar-refractivity contribution in [3.8, 4) is 5.75 Å². The van der Waals surface area contributed by atoms with Crippen LogP contribution in [0.3, 0.4) is 0 Å². The van der Waals surface area contributed by atoms with Gasteiger partial charge in [0.05, 0.1) is 18.3 Å². The molecule has 0 aliphatic carbocycles. The van der Waals surface area contributed by atoms with E-state index in [0.29, 0.717) is 42.2 Å². The molecule has 0 N–H and O–H groups in total. The molecular weight excluding hydrogens is 426 g/mol. The summed E-state index contributed by atoms with van der Waals surface area (Å²) >= 11 is 0. The molecule has 0 unspecified atom stereocenters. The van der Waals surface area contributed by atoms with Gasteiger partial charge in [-0.3, -0.25) is 4.79 Å². The highest BCUT2D eigenvalue weighted by atomic mass is 16.5.